The second kappa shape index (κ2) is 6.52. The molecule has 10 heavy (non-hydrogen) atoms. The van der Waals surface area contributed by atoms with Crippen LogP contribution in [0.3, 0.4) is 0 Å². The Morgan fingerprint density at radius 2 is 1.70 bits per heavy atom. The molecule has 0 aromatic heterocycles. The molecule has 0 amide bonds. The van der Waals surface area contributed by atoms with E-state index in [9.17, 15) is 0 Å². The zero-order valence-corrected chi connectivity index (χ0v) is 5.25. The van der Waals surface area contributed by atoms with E-state index in [-0.39, 0.29) is 58.0 Å². The van der Waals surface area contributed by atoms with Crippen LogP contribution in [-0.2, 0) is 6.42 Å². The van der Waals surface area contributed by atoms with Gasteiger partial charge < -0.3 is 5.11 Å². The number of aliphatic hydroxyl groups is 1. The number of hydrogen-bond acceptors (Lipinski definition) is 1. The summed E-state index contributed by atoms with van der Waals surface area (Å²) in [5.74, 6) is 0. The van der Waals surface area contributed by atoms with Crippen molar-refractivity contribution < 1.29 is 5.11 Å². The molecular weight excluding hydrogens is 151 g/mol. The Kier molecular flexibility index (Phi) is 7.05. The number of rotatable bonds is 2. The third-order valence-corrected chi connectivity index (χ3v) is 1.24. The summed E-state index contributed by atoms with van der Waals surface area (Å²) in [6.45, 7) is 0.240. The van der Waals surface area contributed by atoms with Crippen LogP contribution < -0.4 is 0 Å². The van der Waals surface area contributed by atoms with Crippen LogP contribution in [0.15, 0.2) is 30.3 Å². The van der Waals surface area contributed by atoms with Crippen LogP contribution in [0, 0.1) is 0 Å². The molecule has 0 saturated heterocycles. The molecule has 1 N–H and O–H groups in total. The van der Waals surface area contributed by atoms with Gasteiger partial charge in [0.15, 0.2) is 0 Å². The summed E-state index contributed by atoms with van der Waals surface area (Å²) < 4.78 is 0. The SMILES string of the molecule is OCCc1ccccc1.[KH]. The number of aliphatic hydroxyl groups excluding tert-OH is 1. The molecule has 0 bridgehead atoms. The monoisotopic (exact) mass is 162 g/mol. The van der Waals surface area contributed by atoms with E-state index in [0.29, 0.717) is 0 Å². The van der Waals surface area contributed by atoms with E-state index < -0.39 is 0 Å². The fourth-order valence-corrected chi connectivity index (χ4v) is 0.774. The summed E-state index contributed by atoms with van der Waals surface area (Å²) >= 11 is 0. The molecule has 0 heterocycles. The molecule has 1 aromatic rings. The summed E-state index contributed by atoms with van der Waals surface area (Å²) in [4.78, 5) is 0. The van der Waals surface area contributed by atoms with Gasteiger partial charge in [-0.25, -0.2) is 0 Å². The molecule has 2 heteroatoms. The summed E-state index contributed by atoms with van der Waals surface area (Å²) in [5, 5.41) is 8.52. The van der Waals surface area contributed by atoms with E-state index in [0.717, 1.165) is 6.42 Å². The van der Waals surface area contributed by atoms with Crippen molar-refractivity contribution in [1.82, 2.24) is 0 Å². The maximum atomic E-state index is 8.52. The topological polar surface area (TPSA) is 20.2 Å². The van der Waals surface area contributed by atoms with Crippen molar-refractivity contribution >= 4 is 51.4 Å². The second-order valence-corrected chi connectivity index (χ2v) is 1.96. The molecule has 50 valence electrons. The van der Waals surface area contributed by atoms with Gasteiger partial charge in [-0.3, -0.25) is 0 Å². The van der Waals surface area contributed by atoms with Gasteiger partial charge in [-0.15, -0.1) is 0 Å². The molecule has 0 spiro atoms. The van der Waals surface area contributed by atoms with Crippen LogP contribution in [0.2, 0.25) is 0 Å². The van der Waals surface area contributed by atoms with E-state index in [2.05, 4.69) is 0 Å². The summed E-state index contributed by atoms with van der Waals surface area (Å²) in [7, 11) is 0. The van der Waals surface area contributed by atoms with E-state index >= 15 is 0 Å². The summed E-state index contributed by atoms with van der Waals surface area (Å²) in [6, 6.07) is 9.95. The number of hydrogen-bond donors (Lipinski definition) is 1. The quantitative estimate of drug-likeness (QED) is 0.630. The van der Waals surface area contributed by atoms with Gasteiger partial charge in [0.05, 0.1) is 0 Å². The van der Waals surface area contributed by atoms with Gasteiger partial charge in [-0.1, -0.05) is 30.3 Å². The first kappa shape index (κ1) is 10.8. The molecule has 1 aromatic carbocycles. The molecule has 0 aliphatic rings. The van der Waals surface area contributed by atoms with E-state index in [1.165, 1.54) is 5.56 Å². The predicted molar refractivity (Wildman–Crippen MR) is 44.4 cm³/mol. The second-order valence-electron chi connectivity index (χ2n) is 1.96. The molecule has 0 unspecified atom stereocenters. The molecule has 0 aliphatic heterocycles. The fourth-order valence-electron chi connectivity index (χ4n) is 0.774. The van der Waals surface area contributed by atoms with Gasteiger partial charge in [0.25, 0.3) is 0 Å². The van der Waals surface area contributed by atoms with Crippen LogP contribution >= 0.6 is 0 Å². The molecule has 0 saturated carbocycles. The van der Waals surface area contributed by atoms with Crippen molar-refractivity contribution in [2.45, 2.75) is 6.42 Å². The Labute approximate surface area is 104 Å². The fraction of sp³-hybridized carbons (Fsp3) is 0.250. The van der Waals surface area contributed by atoms with Crippen LogP contribution in [0.25, 0.3) is 0 Å². The normalized spacial score (nSPS) is 8.50. The standard InChI is InChI=1S/C8H10O.K.H/c9-7-6-8-4-2-1-3-5-8;;/h1-5,9H,6-7H2;;. The van der Waals surface area contributed by atoms with Crippen LogP contribution in [0.5, 0.6) is 0 Å². The summed E-state index contributed by atoms with van der Waals surface area (Å²) in [5.41, 5.74) is 1.19. The molecular formula is C8H11KO. The Morgan fingerprint density at radius 3 is 2.20 bits per heavy atom. The summed E-state index contributed by atoms with van der Waals surface area (Å²) in [6.07, 6.45) is 0.765. The van der Waals surface area contributed by atoms with E-state index in [4.69, 9.17) is 5.11 Å². The van der Waals surface area contributed by atoms with Crippen molar-refractivity contribution in [2.75, 3.05) is 6.61 Å². The number of benzene rings is 1. The molecule has 1 rings (SSSR count). The molecule has 0 atom stereocenters. The van der Waals surface area contributed by atoms with E-state index in [1.54, 1.807) is 0 Å². The Hall–Kier alpha value is 0.816. The van der Waals surface area contributed by atoms with Crippen molar-refractivity contribution in [2.24, 2.45) is 0 Å². The van der Waals surface area contributed by atoms with Gasteiger partial charge in [0, 0.05) is 6.61 Å². The minimum absolute atomic E-state index is 0. The average molecular weight is 162 g/mol. The first-order valence-electron chi connectivity index (χ1n) is 3.08. The third-order valence-electron chi connectivity index (χ3n) is 1.24. The molecule has 0 fully saturated rings. The Morgan fingerprint density at radius 1 is 1.10 bits per heavy atom. The molecule has 1 nitrogen and oxygen atoms in total. The third kappa shape index (κ3) is 3.86. The average Bonchev–Trinajstić information content (AvgIpc) is 1.91. The van der Waals surface area contributed by atoms with Gasteiger partial charge in [0.2, 0.25) is 0 Å². The van der Waals surface area contributed by atoms with Crippen molar-refractivity contribution in [3.05, 3.63) is 35.9 Å². The van der Waals surface area contributed by atoms with Crippen molar-refractivity contribution in [1.29, 1.82) is 0 Å². The van der Waals surface area contributed by atoms with Gasteiger partial charge in [0.1, 0.15) is 0 Å². The van der Waals surface area contributed by atoms with Gasteiger partial charge >= 0.3 is 51.4 Å². The van der Waals surface area contributed by atoms with Crippen molar-refractivity contribution in [3.63, 3.8) is 0 Å². The van der Waals surface area contributed by atoms with E-state index in [1.807, 2.05) is 30.3 Å². The maximum absolute atomic E-state index is 8.52. The van der Waals surface area contributed by atoms with Crippen LogP contribution in [0.1, 0.15) is 5.56 Å². The van der Waals surface area contributed by atoms with Crippen LogP contribution in [-0.4, -0.2) is 63.1 Å². The zero-order chi connectivity index (χ0) is 6.53. The Balaban J connectivity index is 0.000000810. The Bertz CT molecular complexity index is 162. The predicted octanol–water partition coefficient (Wildman–Crippen LogP) is 0.573. The van der Waals surface area contributed by atoms with Gasteiger partial charge in [-0.05, 0) is 12.0 Å². The van der Waals surface area contributed by atoms with Gasteiger partial charge in [-0.2, -0.15) is 0 Å². The first-order chi connectivity index (χ1) is 4.43. The molecule has 0 aliphatic carbocycles. The van der Waals surface area contributed by atoms with Crippen LogP contribution in [0.4, 0.5) is 0 Å². The molecule has 0 radical (unpaired) electrons. The zero-order valence-electron chi connectivity index (χ0n) is 5.25. The first-order valence-corrected chi connectivity index (χ1v) is 3.08. The minimum atomic E-state index is 0. The van der Waals surface area contributed by atoms with Crippen molar-refractivity contribution in [3.8, 4) is 0 Å².